The lowest BCUT2D eigenvalue weighted by Crippen LogP contribution is -2.49. The number of benzene rings is 2. The van der Waals surface area contributed by atoms with E-state index in [0.717, 1.165) is 20.7 Å². The van der Waals surface area contributed by atoms with Crippen LogP contribution >= 0.6 is 22.9 Å². The van der Waals surface area contributed by atoms with Gasteiger partial charge in [-0.05, 0) is 24.3 Å². The van der Waals surface area contributed by atoms with E-state index in [0.29, 0.717) is 36.8 Å². The number of carbonyl (C=O) groups excluding carboxylic acids is 1. The summed E-state index contributed by atoms with van der Waals surface area (Å²) in [4.78, 5) is 33.7. The number of aromatic nitrogens is 1. The van der Waals surface area contributed by atoms with Gasteiger partial charge >= 0.3 is 5.63 Å². The Balaban J connectivity index is 1.35. The molecule has 2 aromatic carbocycles. The molecule has 0 radical (unpaired) electrons. The normalized spacial score (nSPS) is 14.7. The Hall–Kier alpha value is -2.90. The predicted molar refractivity (Wildman–Crippen MR) is 115 cm³/mol. The smallest absolute Gasteiger partial charge is 0.349 e. The highest BCUT2D eigenvalue weighted by Gasteiger charge is 2.26. The Morgan fingerprint density at radius 1 is 1.07 bits per heavy atom. The number of carbonyl (C=O) groups is 1. The number of piperazine rings is 1. The van der Waals surface area contributed by atoms with Gasteiger partial charge in [-0.25, -0.2) is 9.78 Å². The molecule has 29 heavy (non-hydrogen) atoms. The number of anilines is 1. The van der Waals surface area contributed by atoms with Crippen molar-refractivity contribution in [2.24, 2.45) is 0 Å². The molecule has 0 aliphatic carbocycles. The van der Waals surface area contributed by atoms with Crippen molar-refractivity contribution in [2.45, 2.75) is 0 Å². The van der Waals surface area contributed by atoms with Gasteiger partial charge in [0.1, 0.15) is 16.7 Å². The number of hydrogen-bond acceptors (Lipinski definition) is 6. The first-order chi connectivity index (χ1) is 14.1. The summed E-state index contributed by atoms with van der Waals surface area (Å²) >= 11 is 7.82. The second-order valence-electron chi connectivity index (χ2n) is 6.85. The molecule has 1 fully saturated rings. The number of fused-ring (bicyclic) bond motifs is 2. The number of amides is 1. The van der Waals surface area contributed by atoms with E-state index in [4.69, 9.17) is 16.0 Å². The van der Waals surface area contributed by atoms with E-state index in [2.05, 4.69) is 9.88 Å². The Morgan fingerprint density at radius 2 is 1.86 bits per heavy atom. The fraction of sp³-hybridized carbons (Fsp3) is 0.190. The van der Waals surface area contributed by atoms with Crippen molar-refractivity contribution in [2.75, 3.05) is 31.1 Å². The maximum atomic E-state index is 12.9. The van der Waals surface area contributed by atoms with E-state index in [1.807, 2.05) is 30.3 Å². The average molecular weight is 426 g/mol. The molecule has 1 amide bonds. The second kappa shape index (κ2) is 7.17. The zero-order valence-electron chi connectivity index (χ0n) is 15.3. The summed E-state index contributed by atoms with van der Waals surface area (Å²) in [5, 5.41) is 2.27. The topological polar surface area (TPSA) is 66.7 Å². The van der Waals surface area contributed by atoms with Gasteiger partial charge in [-0.15, -0.1) is 0 Å². The highest BCUT2D eigenvalue weighted by atomic mass is 35.5. The second-order valence-corrected chi connectivity index (χ2v) is 8.26. The molecule has 0 N–H and O–H groups in total. The number of para-hydroxylation sites is 2. The third-order valence-electron chi connectivity index (χ3n) is 5.07. The monoisotopic (exact) mass is 425 g/mol. The molecule has 3 heterocycles. The van der Waals surface area contributed by atoms with Crippen molar-refractivity contribution in [1.82, 2.24) is 9.88 Å². The first-order valence-electron chi connectivity index (χ1n) is 9.22. The van der Waals surface area contributed by atoms with Gasteiger partial charge < -0.3 is 14.2 Å². The van der Waals surface area contributed by atoms with Crippen molar-refractivity contribution in [3.05, 3.63) is 69.5 Å². The van der Waals surface area contributed by atoms with Crippen LogP contribution in [0.2, 0.25) is 5.02 Å². The fourth-order valence-corrected chi connectivity index (χ4v) is 4.84. The van der Waals surface area contributed by atoms with Crippen molar-refractivity contribution >= 4 is 55.2 Å². The zero-order valence-corrected chi connectivity index (χ0v) is 16.9. The van der Waals surface area contributed by atoms with Gasteiger partial charge in [-0.1, -0.05) is 47.2 Å². The number of hydrogen-bond donors (Lipinski definition) is 0. The molecule has 0 bridgehead atoms. The predicted octanol–water partition coefficient (Wildman–Crippen LogP) is 4.02. The molecule has 0 spiro atoms. The zero-order chi connectivity index (χ0) is 20.0. The molecular formula is C21H16ClN3O3S. The van der Waals surface area contributed by atoms with Crippen LogP contribution in [-0.4, -0.2) is 42.0 Å². The Bertz CT molecular complexity index is 1290. The minimum absolute atomic E-state index is 0.0731. The van der Waals surface area contributed by atoms with Crippen LogP contribution in [0.4, 0.5) is 5.13 Å². The van der Waals surface area contributed by atoms with E-state index >= 15 is 0 Å². The highest BCUT2D eigenvalue weighted by molar-refractivity contribution is 7.22. The lowest BCUT2D eigenvalue weighted by atomic mass is 10.1. The molecule has 1 aliphatic heterocycles. The number of nitrogens with zero attached hydrogens (tertiary/aromatic N) is 3. The minimum Gasteiger partial charge on any atom is -0.422 e. The molecule has 4 aromatic rings. The van der Waals surface area contributed by atoms with E-state index in [1.54, 1.807) is 34.4 Å². The minimum atomic E-state index is -0.600. The van der Waals surface area contributed by atoms with Crippen molar-refractivity contribution in [3.8, 4) is 0 Å². The van der Waals surface area contributed by atoms with Crippen LogP contribution in [0.3, 0.4) is 0 Å². The summed E-state index contributed by atoms with van der Waals surface area (Å²) in [6.07, 6.45) is 0. The molecule has 5 rings (SSSR count). The first-order valence-corrected chi connectivity index (χ1v) is 10.4. The summed E-state index contributed by atoms with van der Waals surface area (Å²) in [5.41, 5.74) is 0.760. The highest BCUT2D eigenvalue weighted by Crippen LogP contribution is 2.33. The summed E-state index contributed by atoms with van der Waals surface area (Å²) in [6, 6.07) is 14.5. The molecule has 2 aromatic heterocycles. The molecule has 1 aliphatic rings. The van der Waals surface area contributed by atoms with Crippen molar-refractivity contribution in [3.63, 3.8) is 0 Å². The SMILES string of the molecule is O=C(c1cc2ccccc2oc1=O)N1CCN(c2nc3c(Cl)cccc3s2)CC1. The third-order valence-corrected chi connectivity index (χ3v) is 6.45. The van der Waals surface area contributed by atoms with E-state index in [-0.39, 0.29) is 11.5 Å². The number of halogens is 1. The summed E-state index contributed by atoms with van der Waals surface area (Å²) in [6.45, 7) is 2.30. The largest absolute Gasteiger partial charge is 0.422 e. The Morgan fingerprint density at radius 3 is 2.66 bits per heavy atom. The van der Waals surface area contributed by atoms with Gasteiger partial charge in [0, 0.05) is 31.6 Å². The quantitative estimate of drug-likeness (QED) is 0.454. The molecule has 0 unspecified atom stereocenters. The van der Waals surface area contributed by atoms with Crippen LogP contribution in [0.25, 0.3) is 21.2 Å². The maximum Gasteiger partial charge on any atom is 0.349 e. The molecule has 1 saturated heterocycles. The van der Waals surface area contributed by atoms with Gasteiger partial charge in [0.25, 0.3) is 5.91 Å². The number of thiazole rings is 1. The van der Waals surface area contributed by atoms with Crippen LogP contribution in [0.5, 0.6) is 0 Å². The van der Waals surface area contributed by atoms with Crippen molar-refractivity contribution < 1.29 is 9.21 Å². The fourth-order valence-electron chi connectivity index (χ4n) is 3.52. The Kier molecular flexibility index (Phi) is 4.49. The van der Waals surface area contributed by atoms with E-state index < -0.39 is 5.63 Å². The Labute approximate surface area is 174 Å². The lowest BCUT2D eigenvalue weighted by Gasteiger charge is -2.34. The van der Waals surface area contributed by atoms with Gasteiger partial charge in [0.15, 0.2) is 5.13 Å². The van der Waals surface area contributed by atoms with Gasteiger partial charge in [0.2, 0.25) is 0 Å². The lowest BCUT2D eigenvalue weighted by molar-refractivity contribution is 0.0742. The van der Waals surface area contributed by atoms with E-state index in [9.17, 15) is 9.59 Å². The van der Waals surface area contributed by atoms with Crippen LogP contribution in [-0.2, 0) is 0 Å². The third kappa shape index (κ3) is 3.26. The molecule has 0 saturated carbocycles. The standard InChI is InChI=1S/C21H16ClN3O3S/c22-15-5-3-7-17-18(15)23-21(29-17)25-10-8-24(9-11-25)19(26)14-12-13-4-1-2-6-16(13)28-20(14)27/h1-7,12H,8-11H2. The maximum absolute atomic E-state index is 12.9. The average Bonchev–Trinajstić information content (AvgIpc) is 3.19. The molecule has 146 valence electrons. The summed E-state index contributed by atoms with van der Waals surface area (Å²) in [7, 11) is 0. The van der Waals surface area contributed by atoms with Gasteiger partial charge in [-0.2, -0.15) is 0 Å². The van der Waals surface area contributed by atoms with Crippen LogP contribution in [0.1, 0.15) is 10.4 Å². The van der Waals surface area contributed by atoms with Crippen LogP contribution < -0.4 is 10.5 Å². The number of rotatable bonds is 2. The van der Waals surface area contributed by atoms with Crippen molar-refractivity contribution in [1.29, 1.82) is 0 Å². The molecular weight excluding hydrogens is 410 g/mol. The first kappa shape index (κ1) is 18.1. The molecule has 0 atom stereocenters. The van der Waals surface area contributed by atoms with Crippen LogP contribution in [0, 0.1) is 0 Å². The summed E-state index contributed by atoms with van der Waals surface area (Å²) < 4.78 is 6.35. The van der Waals surface area contributed by atoms with E-state index in [1.165, 1.54) is 0 Å². The summed E-state index contributed by atoms with van der Waals surface area (Å²) in [5.74, 6) is -0.295. The van der Waals surface area contributed by atoms with Gasteiger partial charge in [-0.3, -0.25) is 4.79 Å². The van der Waals surface area contributed by atoms with Gasteiger partial charge in [0.05, 0.1) is 9.72 Å². The molecule has 8 heteroatoms. The van der Waals surface area contributed by atoms with Crippen LogP contribution in [0.15, 0.2) is 57.7 Å². The molecule has 6 nitrogen and oxygen atoms in total.